The summed E-state index contributed by atoms with van der Waals surface area (Å²) in [4.78, 5) is 0. The molecule has 0 saturated carbocycles. The average molecular weight is 193 g/mol. The van der Waals surface area contributed by atoms with Gasteiger partial charge >= 0.3 is 0 Å². The lowest BCUT2D eigenvalue weighted by Gasteiger charge is -2.21. The largest absolute Gasteiger partial charge is 0.394 e. The van der Waals surface area contributed by atoms with Crippen LogP contribution in [0.1, 0.15) is 25.0 Å². The van der Waals surface area contributed by atoms with Crippen LogP contribution in [0.4, 0.5) is 0 Å². The highest BCUT2D eigenvalue weighted by molar-refractivity contribution is 5.24. The summed E-state index contributed by atoms with van der Waals surface area (Å²) in [7, 11) is 0. The SMILES string of the molecule is CCc1cccc(CC(C)(N)CO)c1. The summed E-state index contributed by atoms with van der Waals surface area (Å²) in [6.07, 6.45) is 1.76. The number of hydrogen-bond acceptors (Lipinski definition) is 2. The Hall–Kier alpha value is -0.860. The summed E-state index contributed by atoms with van der Waals surface area (Å²) in [5.41, 5.74) is 7.90. The normalized spacial score (nSPS) is 15.1. The lowest BCUT2D eigenvalue weighted by molar-refractivity contribution is 0.208. The van der Waals surface area contributed by atoms with E-state index in [1.165, 1.54) is 11.1 Å². The second-order valence-electron chi connectivity index (χ2n) is 4.16. The minimum atomic E-state index is -0.508. The first-order valence-electron chi connectivity index (χ1n) is 5.05. The van der Waals surface area contributed by atoms with Crippen LogP contribution >= 0.6 is 0 Å². The Labute approximate surface area is 85.8 Å². The van der Waals surface area contributed by atoms with E-state index in [1.54, 1.807) is 0 Å². The highest BCUT2D eigenvalue weighted by atomic mass is 16.3. The number of benzene rings is 1. The van der Waals surface area contributed by atoms with Gasteiger partial charge in [-0.25, -0.2) is 0 Å². The highest BCUT2D eigenvalue weighted by Crippen LogP contribution is 2.12. The molecule has 0 saturated heterocycles. The van der Waals surface area contributed by atoms with Gasteiger partial charge < -0.3 is 10.8 Å². The molecule has 0 fully saturated rings. The average Bonchev–Trinajstić information content (AvgIpc) is 2.17. The van der Waals surface area contributed by atoms with E-state index < -0.39 is 5.54 Å². The molecule has 0 amide bonds. The molecule has 1 atom stereocenters. The molecule has 3 N–H and O–H groups in total. The van der Waals surface area contributed by atoms with Crippen LogP contribution in [-0.4, -0.2) is 17.3 Å². The van der Waals surface area contributed by atoms with Crippen LogP contribution < -0.4 is 5.73 Å². The Balaban J connectivity index is 2.76. The van der Waals surface area contributed by atoms with Crippen molar-refractivity contribution in [1.82, 2.24) is 0 Å². The molecule has 0 aromatic heterocycles. The number of aliphatic hydroxyl groups excluding tert-OH is 1. The van der Waals surface area contributed by atoms with E-state index in [4.69, 9.17) is 10.8 Å². The molecule has 0 spiro atoms. The zero-order valence-electron chi connectivity index (χ0n) is 8.96. The predicted molar refractivity (Wildman–Crippen MR) is 59.2 cm³/mol. The van der Waals surface area contributed by atoms with Gasteiger partial charge in [0.15, 0.2) is 0 Å². The number of aryl methyl sites for hydroxylation is 1. The Morgan fingerprint density at radius 1 is 1.36 bits per heavy atom. The van der Waals surface area contributed by atoms with E-state index in [1.807, 2.05) is 13.0 Å². The van der Waals surface area contributed by atoms with Crippen molar-refractivity contribution in [3.8, 4) is 0 Å². The van der Waals surface area contributed by atoms with Crippen LogP contribution in [0.5, 0.6) is 0 Å². The molecule has 78 valence electrons. The zero-order chi connectivity index (χ0) is 10.6. The first kappa shape index (κ1) is 11.2. The molecule has 0 radical (unpaired) electrons. The maximum Gasteiger partial charge on any atom is 0.0611 e. The second-order valence-corrected chi connectivity index (χ2v) is 4.16. The van der Waals surface area contributed by atoms with Gasteiger partial charge in [-0.2, -0.15) is 0 Å². The van der Waals surface area contributed by atoms with Gasteiger partial charge in [-0.3, -0.25) is 0 Å². The van der Waals surface area contributed by atoms with E-state index >= 15 is 0 Å². The van der Waals surface area contributed by atoms with Crippen LogP contribution in [-0.2, 0) is 12.8 Å². The Morgan fingerprint density at radius 2 is 2.00 bits per heavy atom. The predicted octanol–water partition coefficient (Wildman–Crippen LogP) is 1.50. The monoisotopic (exact) mass is 193 g/mol. The lowest BCUT2D eigenvalue weighted by atomic mass is 9.94. The number of hydrogen-bond donors (Lipinski definition) is 2. The molecule has 0 aliphatic heterocycles. The highest BCUT2D eigenvalue weighted by Gasteiger charge is 2.17. The van der Waals surface area contributed by atoms with Crippen molar-refractivity contribution in [3.05, 3.63) is 35.4 Å². The van der Waals surface area contributed by atoms with Crippen molar-refractivity contribution >= 4 is 0 Å². The van der Waals surface area contributed by atoms with Gasteiger partial charge in [0.05, 0.1) is 6.61 Å². The molecular formula is C12H19NO. The fraction of sp³-hybridized carbons (Fsp3) is 0.500. The first-order chi connectivity index (χ1) is 6.57. The molecular weight excluding hydrogens is 174 g/mol. The van der Waals surface area contributed by atoms with Gasteiger partial charge in [-0.15, -0.1) is 0 Å². The van der Waals surface area contributed by atoms with E-state index in [0.29, 0.717) is 0 Å². The summed E-state index contributed by atoms with van der Waals surface area (Å²) >= 11 is 0. The minimum Gasteiger partial charge on any atom is -0.394 e. The fourth-order valence-electron chi connectivity index (χ4n) is 1.48. The van der Waals surface area contributed by atoms with Crippen molar-refractivity contribution in [2.45, 2.75) is 32.2 Å². The van der Waals surface area contributed by atoms with Gasteiger partial charge in [-0.05, 0) is 30.9 Å². The molecule has 0 aliphatic carbocycles. The summed E-state index contributed by atoms with van der Waals surface area (Å²) in [6.45, 7) is 4.02. The molecule has 2 heteroatoms. The van der Waals surface area contributed by atoms with Crippen molar-refractivity contribution in [2.24, 2.45) is 5.73 Å². The smallest absolute Gasteiger partial charge is 0.0611 e. The molecule has 2 nitrogen and oxygen atoms in total. The zero-order valence-corrected chi connectivity index (χ0v) is 8.96. The second kappa shape index (κ2) is 4.58. The third kappa shape index (κ3) is 3.13. The third-order valence-corrected chi connectivity index (χ3v) is 2.37. The van der Waals surface area contributed by atoms with Gasteiger partial charge in [-0.1, -0.05) is 31.2 Å². The van der Waals surface area contributed by atoms with E-state index in [2.05, 4.69) is 25.1 Å². The first-order valence-corrected chi connectivity index (χ1v) is 5.05. The van der Waals surface area contributed by atoms with Gasteiger partial charge in [0.25, 0.3) is 0 Å². The van der Waals surface area contributed by atoms with Crippen LogP contribution in [0.2, 0.25) is 0 Å². The maximum absolute atomic E-state index is 9.06. The molecule has 1 aromatic rings. The summed E-state index contributed by atoms with van der Waals surface area (Å²) in [5, 5.41) is 9.06. The molecule has 1 aromatic carbocycles. The molecule has 1 rings (SSSR count). The molecule has 0 bridgehead atoms. The van der Waals surface area contributed by atoms with Gasteiger partial charge in [0, 0.05) is 5.54 Å². The Bertz CT molecular complexity index is 294. The maximum atomic E-state index is 9.06. The number of rotatable bonds is 4. The van der Waals surface area contributed by atoms with E-state index in [-0.39, 0.29) is 6.61 Å². The Morgan fingerprint density at radius 3 is 2.57 bits per heavy atom. The van der Waals surface area contributed by atoms with E-state index in [9.17, 15) is 0 Å². The Kier molecular flexibility index (Phi) is 3.67. The molecule has 1 unspecified atom stereocenters. The van der Waals surface area contributed by atoms with Crippen molar-refractivity contribution < 1.29 is 5.11 Å². The minimum absolute atomic E-state index is 0.0172. The van der Waals surface area contributed by atoms with Crippen LogP contribution in [0.3, 0.4) is 0 Å². The summed E-state index contributed by atoms with van der Waals surface area (Å²) in [6, 6.07) is 8.36. The van der Waals surface area contributed by atoms with Crippen LogP contribution in [0.15, 0.2) is 24.3 Å². The molecule has 0 heterocycles. The quantitative estimate of drug-likeness (QED) is 0.761. The molecule has 0 aliphatic rings. The van der Waals surface area contributed by atoms with Crippen LogP contribution in [0, 0.1) is 0 Å². The third-order valence-electron chi connectivity index (χ3n) is 2.37. The number of aliphatic hydroxyl groups is 1. The topological polar surface area (TPSA) is 46.2 Å². The van der Waals surface area contributed by atoms with E-state index in [0.717, 1.165) is 12.8 Å². The van der Waals surface area contributed by atoms with Crippen LogP contribution in [0.25, 0.3) is 0 Å². The lowest BCUT2D eigenvalue weighted by Crippen LogP contribution is -2.42. The number of nitrogens with two attached hydrogens (primary N) is 1. The van der Waals surface area contributed by atoms with Crippen molar-refractivity contribution in [1.29, 1.82) is 0 Å². The summed E-state index contributed by atoms with van der Waals surface area (Å²) in [5.74, 6) is 0. The molecule has 14 heavy (non-hydrogen) atoms. The summed E-state index contributed by atoms with van der Waals surface area (Å²) < 4.78 is 0. The standard InChI is InChI=1S/C12H19NO/c1-3-10-5-4-6-11(7-10)8-12(2,13)9-14/h4-7,14H,3,8-9,13H2,1-2H3. The fourth-order valence-corrected chi connectivity index (χ4v) is 1.48. The van der Waals surface area contributed by atoms with Gasteiger partial charge in [0.1, 0.15) is 0 Å². The van der Waals surface area contributed by atoms with Crippen molar-refractivity contribution in [2.75, 3.05) is 6.61 Å². The van der Waals surface area contributed by atoms with Crippen molar-refractivity contribution in [3.63, 3.8) is 0 Å². The van der Waals surface area contributed by atoms with Gasteiger partial charge in [0.2, 0.25) is 0 Å².